The highest BCUT2D eigenvalue weighted by Gasteiger charge is 2.38. The largest absolute Gasteiger partial charge is 0.345 e. The topological polar surface area (TPSA) is 77.2 Å². The fourth-order valence-corrected chi connectivity index (χ4v) is 5.48. The van der Waals surface area contributed by atoms with Gasteiger partial charge in [-0.25, -0.2) is 8.42 Å². The lowest BCUT2D eigenvalue weighted by Gasteiger charge is -2.35. The molecule has 1 saturated carbocycles. The van der Waals surface area contributed by atoms with E-state index in [9.17, 15) is 13.2 Å². The minimum Gasteiger partial charge on any atom is -0.345 e. The molecule has 0 bridgehead atoms. The molecule has 4 rings (SSSR count). The molecule has 1 aliphatic carbocycles. The molecule has 0 N–H and O–H groups in total. The molecule has 7 nitrogen and oxygen atoms in total. The third kappa shape index (κ3) is 2.96. The van der Waals surface area contributed by atoms with Crippen LogP contribution in [0.3, 0.4) is 0 Å². The highest BCUT2D eigenvalue weighted by molar-refractivity contribution is 7.91. The zero-order chi connectivity index (χ0) is 18.6. The maximum absolute atomic E-state index is 13.3. The van der Waals surface area contributed by atoms with E-state index in [2.05, 4.69) is 9.67 Å². The quantitative estimate of drug-likeness (QED) is 0.818. The summed E-state index contributed by atoms with van der Waals surface area (Å²) in [5.41, 5.74) is 3.52. The molecule has 2 fully saturated rings. The Labute approximate surface area is 153 Å². The van der Waals surface area contributed by atoms with Gasteiger partial charge in [0.25, 0.3) is 5.91 Å². The van der Waals surface area contributed by atoms with Crippen LogP contribution in [0.1, 0.15) is 52.2 Å². The minimum atomic E-state index is -3.17. The van der Waals surface area contributed by atoms with Gasteiger partial charge in [0, 0.05) is 42.8 Å². The van der Waals surface area contributed by atoms with Crippen LogP contribution in [0.5, 0.6) is 0 Å². The lowest BCUT2D eigenvalue weighted by Crippen LogP contribution is -2.46. The highest BCUT2D eigenvalue weighted by Crippen LogP contribution is 2.39. The van der Waals surface area contributed by atoms with Gasteiger partial charge in [0.1, 0.15) is 0 Å². The second-order valence-electron chi connectivity index (χ2n) is 7.46. The van der Waals surface area contributed by atoms with Gasteiger partial charge in [-0.15, -0.1) is 0 Å². The van der Waals surface area contributed by atoms with Crippen molar-refractivity contribution in [2.75, 3.05) is 18.1 Å². The van der Waals surface area contributed by atoms with Crippen molar-refractivity contribution in [3.8, 4) is 0 Å². The summed E-state index contributed by atoms with van der Waals surface area (Å²) in [6.07, 6.45) is 5.76. The first-order valence-corrected chi connectivity index (χ1v) is 10.8. The van der Waals surface area contributed by atoms with Crippen molar-refractivity contribution in [1.29, 1.82) is 0 Å². The van der Waals surface area contributed by atoms with E-state index in [1.54, 1.807) is 29.0 Å². The average Bonchev–Trinajstić information content (AvgIpc) is 3.23. The van der Waals surface area contributed by atoms with Crippen LogP contribution in [-0.4, -0.2) is 51.6 Å². The number of aromatic nitrogens is 3. The van der Waals surface area contributed by atoms with Crippen LogP contribution >= 0.6 is 0 Å². The number of hydrogen-bond donors (Lipinski definition) is 0. The number of aryl methyl sites for hydroxylation is 2. The lowest BCUT2D eigenvalue weighted by atomic mass is 10.1. The van der Waals surface area contributed by atoms with Crippen LogP contribution in [0.4, 0.5) is 0 Å². The van der Waals surface area contributed by atoms with Crippen LogP contribution in [0.2, 0.25) is 0 Å². The summed E-state index contributed by atoms with van der Waals surface area (Å²) in [5.74, 6) is -0.128. The maximum atomic E-state index is 13.3. The monoisotopic (exact) mass is 376 g/mol. The van der Waals surface area contributed by atoms with Gasteiger partial charge in [0.05, 0.1) is 29.3 Å². The SMILES string of the molecule is Cc1cc(C(=O)N2CCS(=O)(=O)C[C@H]2c2cnn(C)c2)c(C)n1C1CC1. The second-order valence-corrected chi connectivity index (χ2v) is 9.69. The summed E-state index contributed by atoms with van der Waals surface area (Å²) >= 11 is 0. The molecule has 2 aromatic heterocycles. The molecule has 1 atom stereocenters. The molecule has 0 aromatic carbocycles. The summed E-state index contributed by atoms with van der Waals surface area (Å²) in [6, 6.07) is 1.96. The molecule has 26 heavy (non-hydrogen) atoms. The third-order valence-electron chi connectivity index (χ3n) is 5.43. The standard InChI is InChI=1S/C18H24N4O3S/c1-12-8-16(13(2)22(12)15-4-5-15)18(23)21-6-7-26(24,25)11-17(21)14-9-19-20(3)10-14/h8-10,15,17H,4-7,11H2,1-3H3/t17-/m0/s1. The average molecular weight is 376 g/mol. The number of sulfone groups is 1. The Morgan fingerprint density at radius 3 is 2.62 bits per heavy atom. The van der Waals surface area contributed by atoms with E-state index in [0.29, 0.717) is 11.6 Å². The number of amides is 1. The molecule has 8 heteroatoms. The molecule has 2 aromatic rings. The maximum Gasteiger partial charge on any atom is 0.256 e. The van der Waals surface area contributed by atoms with Crippen molar-refractivity contribution in [3.05, 3.63) is 41.0 Å². The van der Waals surface area contributed by atoms with E-state index in [0.717, 1.165) is 29.8 Å². The van der Waals surface area contributed by atoms with Gasteiger partial charge in [-0.05, 0) is 32.8 Å². The Morgan fingerprint density at radius 1 is 1.27 bits per heavy atom. The first-order chi connectivity index (χ1) is 12.3. The Kier molecular flexibility index (Phi) is 3.98. The van der Waals surface area contributed by atoms with Gasteiger partial charge in [-0.1, -0.05) is 0 Å². The van der Waals surface area contributed by atoms with Crippen molar-refractivity contribution < 1.29 is 13.2 Å². The molecule has 0 spiro atoms. The summed E-state index contributed by atoms with van der Waals surface area (Å²) in [7, 11) is -1.38. The Bertz CT molecular complexity index is 969. The highest BCUT2D eigenvalue weighted by atomic mass is 32.2. The number of nitrogens with zero attached hydrogens (tertiary/aromatic N) is 4. The van der Waals surface area contributed by atoms with Crippen LogP contribution in [0.15, 0.2) is 18.5 Å². The van der Waals surface area contributed by atoms with E-state index >= 15 is 0 Å². The summed E-state index contributed by atoms with van der Waals surface area (Å²) in [5, 5.41) is 4.15. The van der Waals surface area contributed by atoms with Crippen LogP contribution in [-0.2, 0) is 16.9 Å². The lowest BCUT2D eigenvalue weighted by molar-refractivity contribution is 0.0696. The Morgan fingerprint density at radius 2 is 2.00 bits per heavy atom. The summed E-state index contributed by atoms with van der Waals surface area (Å²) in [4.78, 5) is 15.0. The molecule has 1 amide bonds. The van der Waals surface area contributed by atoms with E-state index in [1.165, 1.54) is 0 Å². The first-order valence-electron chi connectivity index (χ1n) is 8.95. The molecular formula is C18H24N4O3S. The van der Waals surface area contributed by atoms with E-state index < -0.39 is 15.9 Å². The fourth-order valence-electron chi connectivity index (χ4n) is 3.98. The Hall–Kier alpha value is -2.09. The molecule has 3 heterocycles. The fraction of sp³-hybridized carbons (Fsp3) is 0.556. The molecule has 0 unspecified atom stereocenters. The number of carbonyl (C=O) groups is 1. The number of rotatable bonds is 3. The van der Waals surface area contributed by atoms with Crippen LogP contribution < -0.4 is 0 Å². The molecule has 140 valence electrons. The van der Waals surface area contributed by atoms with Gasteiger partial charge >= 0.3 is 0 Å². The number of hydrogen-bond acceptors (Lipinski definition) is 4. The number of carbonyl (C=O) groups excluding carboxylic acids is 1. The Balaban J connectivity index is 1.70. The van der Waals surface area contributed by atoms with Crippen molar-refractivity contribution in [2.45, 2.75) is 38.8 Å². The van der Waals surface area contributed by atoms with E-state index in [4.69, 9.17) is 0 Å². The van der Waals surface area contributed by atoms with Crippen molar-refractivity contribution in [2.24, 2.45) is 7.05 Å². The zero-order valence-electron chi connectivity index (χ0n) is 15.3. The smallest absolute Gasteiger partial charge is 0.256 e. The summed E-state index contributed by atoms with van der Waals surface area (Å²) < 4.78 is 28.3. The van der Waals surface area contributed by atoms with Gasteiger partial charge < -0.3 is 9.47 Å². The molecular weight excluding hydrogens is 352 g/mol. The predicted octanol–water partition coefficient (Wildman–Crippen LogP) is 1.79. The van der Waals surface area contributed by atoms with Gasteiger partial charge in [-0.2, -0.15) is 5.10 Å². The first kappa shape index (κ1) is 17.3. The third-order valence-corrected chi connectivity index (χ3v) is 7.06. The predicted molar refractivity (Wildman–Crippen MR) is 97.8 cm³/mol. The van der Waals surface area contributed by atoms with Gasteiger partial charge in [0.15, 0.2) is 9.84 Å². The van der Waals surface area contributed by atoms with Crippen LogP contribution in [0, 0.1) is 13.8 Å². The molecule has 0 radical (unpaired) electrons. The van der Waals surface area contributed by atoms with Crippen LogP contribution in [0.25, 0.3) is 0 Å². The van der Waals surface area contributed by atoms with Gasteiger partial charge in [-0.3, -0.25) is 9.48 Å². The second kappa shape index (κ2) is 5.97. The van der Waals surface area contributed by atoms with E-state index in [-0.39, 0.29) is 24.0 Å². The van der Waals surface area contributed by atoms with Crippen molar-refractivity contribution in [3.63, 3.8) is 0 Å². The summed E-state index contributed by atoms with van der Waals surface area (Å²) in [6.45, 7) is 4.23. The minimum absolute atomic E-state index is 0.0108. The molecule has 1 aliphatic heterocycles. The molecule has 1 saturated heterocycles. The van der Waals surface area contributed by atoms with Crippen molar-refractivity contribution >= 4 is 15.7 Å². The van der Waals surface area contributed by atoms with Gasteiger partial charge in [0.2, 0.25) is 0 Å². The normalized spacial score (nSPS) is 22.6. The molecule has 2 aliphatic rings. The van der Waals surface area contributed by atoms with E-state index in [1.807, 2.05) is 19.9 Å². The zero-order valence-corrected chi connectivity index (χ0v) is 16.2. The van der Waals surface area contributed by atoms with Crippen molar-refractivity contribution in [1.82, 2.24) is 19.2 Å².